The maximum atomic E-state index is 13.0. The lowest BCUT2D eigenvalue weighted by molar-refractivity contribution is -0.117. The van der Waals surface area contributed by atoms with E-state index in [4.69, 9.17) is 0 Å². The second kappa shape index (κ2) is 10.7. The lowest BCUT2D eigenvalue weighted by atomic mass is 10.1. The van der Waals surface area contributed by atoms with Gasteiger partial charge in [-0.25, -0.2) is 9.82 Å². The van der Waals surface area contributed by atoms with Crippen molar-refractivity contribution in [3.63, 3.8) is 0 Å². The molecule has 0 unspecified atom stereocenters. The number of hydrogen-bond acceptors (Lipinski definition) is 4. The number of nitrogens with one attached hydrogen (secondary N) is 2. The minimum atomic E-state index is -0.593. The molecule has 0 radical (unpaired) electrons. The molecular formula is C25H23FN4O2. The molecule has 3 aromatic rings. The van der Waals surface area contributed by atoms with E-state index in [0.29, 0.717) is 11.1 Å². The Balaban J connectivity index is 1.80. The summed E-state index contributed by atoms with van der Waals surface area (Å²) < 4.78 is 13.0. The van der Waals surface area contributed by atoms with Crippen molar-refractivity contribution < 1.29 is 14.0 Å². The average Bonchev–Trinajstić information content (AvgIpc) is 2.80. The molecule has 0 saturated heterocycles. The first kappa shape index (κ1) is 22.4. The molecular weight excluding hydrogens is 407 g/mol. The van der Waals surface area contributed by atoms with Gasteiger partial charge >= 0.3 is 0 Å². The number of hydrazone groups is 1. The summed E-state index contributed by atoms with van der Waals surface area (Å²) in [5.41, 5.74) is 5.21. The van der Waals surface area contributed by atoms with E-state index < -0.39 is 11.8 Å². The van der Waals surface area contributed by atoms with Crippen LogP contribution in [0.15, 0.2) is 89.7 Å². The maximum Gasteiger partial charge on any atom is 0.287 e. The fourth-order valence-electron chi connectivity index (χ4n) is 2.75. The number of carbonyl (C=O) groups is 2. The van der Waals surface area contributed by atoms with Gasteiger partial charge in [0.1, 0.15) is 11.5 Å². The van der Waals surface area contributed by atoms with Gasteiger partial charge < -0.3 is 10.2 Å². The summed E-state index contributed by atoms with van der Waals surface area (Å²) in [6, 6.07) is 21.8. The molecule has 0 aromatic heterocycles. The molecule has 2 amide bonds. The molecule has 3 aromatic carbocycles. The van der Waals surface area contributed by atoms with Crippen LogP contribution in [0.5, 0.6) is 0 Å². The number of rotatable bonds is 7. The quantitative estimate of drug-likeness (QED) is 0.340. The molecule has 0 aliphatic rings. The average molecular weight is 430 g/mol. The van der Waals surface area contributed by atoms with Gasteiger partial charge in [0.2, 0.25) is 0 Å². The summed E-state index contributed by atoms with van der Waals surface area (Å²) in [6.07, 6.45) is 2.96. The first-order chi connectivity index (χ1) is 15.4. The zero-order chi connectivity index (χ0) is 22.9. The van der Waals surface area contributed by atoms with E-state index in [1.807, 2.05) is 43.3 Å². The number of carbonyl (C=O) groups excluding carboxylic acids is 2. The minimum Gasteiger partial charge on any atom is -0.378 e. The van der Waals surface area contributed by atoms with Crippen molar-refractivity contribution in [3.8, 4) is 0 Å². The van der Waals surface area contributed by atoms with Crippen LogP contribution >= 0.6 is 0 Å². The van der Waals surface area contributed by atoms with Crippen molar-refractivity contribution >= 4 is 29.8 Å². The van der Waals surface area contributed by atoms with E-state index in [2.05, 4.69) is 15.8 Å². The Hall–Kier alpha value is -4.26. The van der Waals surface area contributed by atoms with Crippen LogP contribution in [-0.4, -0.2) is 32.1 Å². The van der Waals surface area contributed by atoms with E-state index in [-0.39, 0.29) is 11.5 Å². The molecule has 0 heterocycles. The number of amides is 2. The smallest absolute Gasteiger partial charge is 0.287 e. The summed E-state index contributed by atoms with van der Waals surface area (Å²) in [5.74, 6) is -1.37. The third-order valence-corrected chi connectivity index (χ3v) is 4.50. The molecule has 0 bridgehead atoms. The monoisotopic (exact) mass is 430 g/mol. The highest BCUT2D eigenvalue weighted by Gasteiger charge is 2.14. The van der Waals surface area contributed by atoms with Gasteiger partial charge in [-0.1, -0.05) is 42.5 Å². The Morgan fingerprint density at radius 3 is 2.12 bits per heavy atom. The van der Waals surface area contributed by atoms with Crippen LogP contribution < -0.4 is 15.6 Å². The molecule has 162 valence electrons. The standard InChI is InChI=1S/C25H23FN4O2/c1-30(2)22-14-10-18(11-15-22)16-23(28-24(31)20-6-4-3-5-7-20)25(32)29-27-17-19-8-12-21(26)13-9-19/h3-17H,1-2H3,(H,28,31)(H,29,32)/b23-16-,27-17-. The van der Waals surface area contributed by atoms with Gasteiger partial charge in [-0.15, -0.1) is 0 Å². The lowest BCUT2D eigenvalue weighted by Crippen LogP contribution is -2.32. The largest absolute Gasteiger partial charge is 0.378 e. The van der Waals surface area contributed by atoms with Crippen molar-refractivity contribution in [2.24, 2.45) is 5.10 Å². The van der Waals surface area contributed by atoms with Gasteiger partial charge in [-0.05, 0) is 53.6 Å². The van der Waals surface area contributed by atoms with E-state index in [1.165, 1.54) is 30.5 Å². The molecule has 3 rings (SSSR count). The molecule has 0 aliphatic heterocycles. The molecule has 0 saturated carbocycles. The SMILES string of the molecule is CN(C)c1ccc(/C=C(\NC(=O)c2ccccc2)C(=O)N/N=C\c2ccc(F)cc2)cc1. The fourth-order valence-corrected chi connectivity index (χ4v) is 2.75. The van der Waals surface area contributed by atoms with Crippen molar-refractivity contribution in [2.75, 3.05) is 19.0 Å². The zero-order valence-electron chi connectivity index (χ0n) is 17.7. The van der Waals surface area contributed by atoms with Crippen LogP contribution in [0.1, 0.15) is 21.5 Å². The van der Waals surface area contributed by atoms with Gasteiger partial charge in [0, 0.05) is 25.3 Å². The van der Waals surface area contributed by atoms with Gasteiger partial charge in [0.05, 0.1) is 6.21 Å². The Labute approximate surface area is 186 Å². The van der Waals surface area contributed by atoms with Crippen LogP contribution in [-0.2, 0) is 4.79 Å². The summed E-state index contributed by atoms with van der Waals surface area (Å²) in [7, 11) is 3.87. The number of hydrogen-bond donors (Lipinski definition) is 2. The van der Waals surface area contributed by atoms with Gasteiger partial charge in [0.15, 0.2) is 0 Å². The molecule has 2 N–H and O–H groups in total. The van der Waals surface area contributed by atoms with Crippen LogP contribution in [0.2, 0.25) is 0 Å². The molecule has 0 fully saturated rings. The third kappa shape index (κ3) is 6.37. The van der Waals surface area contributed by atoms with Gasteiger partial charge in [-0.2, -0.15) is 5.10 Å². The van der Waals surface area contributed by atoms with E-state index in [1.54, 1.807) is 36.4 Å². The molecule has 32 heavy (non-hydrogen) atoms. The predicted molar refractivity (Wildman–Crippen MR) is 125 cm³/mol. The van der Waals surface area contributed by atoms with Crippen molar-refractivity contribution in [1.82, 2.24) is 10.7 Å². The first-order valence-electron chi connectivity index (χ1n) is 9.87. The zero-order valence-corrected chi connectivity index (χ0v) is 17.7. The highest BCUT2D eigenvalue weighted by molar-refractivity contribution is 6.05. The van der Waals surface area contributed by atoms with Crippen LogP contribution in [0.4, 0.5) is 10.1 Å². The number of benzene rings is 3. The third-order valence-electron chi connectivity index (χ3n) is 4.50. The molecule has 6 nitrogen and oxygen atoms in total. The topological polar surface area (TPSA) is 73.8 Å². The summed E-state index contributed by atoms with van der Waals surface area (Å²) >= 11 is 0. The highest BCUT2D eigenvalue weighted by Crippen LogP contribution is 2.14. The molecule has 7 heteroatoms. The maximum absolute atomic E-state index is 13.0. The second-order valence-electron chi connectivity index (χ2n) is 7.11. The van der Waals surface area contributed by atoms with Crippen LogP contribution in [0.3, 0.4) is 0 Å². The number of anilines is 1. The van der Waals surface area contributed by atoms with Gasteiger partial charge in [0.25, 0.3) is 11.8 Å². The normalized spacial score (nSPS) is 11.3. The highest BCUT2D eigenvalue weighted by atomic mass is 19.1. The molecule has 0 aliphatic carbocycles. The first-order valence-corrected chi connectivity index (χ1v) is 9.87. The number of nitrogens with zero attached hydrogens (tertiary/aromatic N) is 2. The van der Waals surface area contributed by atoms with Crippen molar-refractivity contribution in [3.05, 3.63) is 107 Å². The molecule has 0 atom stereocenters. The summed E-state index contributed by atoms with van der Waals surface area (Å²) in [4.78, 5) is 27.3. The molecule has 0 spiro atoms. The van der Waals surface area contributed by atoms with E-state index in [0.717, 1.165) is 11.3 Å². The van der Waals surface area contributed by atoms with Crippen molar-refractivity contribution in [1.29, 1.82) is 0 Å². The Morgan fingerprint density at radius 2 is 1.50 bits per heavy atom. The summed E-state index contributed by atoms with van der Waals surface area (Å²) in [5, 5.41) is 6.56. The summed E-state index contributed by atoms with van der Waals surface area (Å²) in [6.45, 7) is 0. The minimum absolute atomic E-state index is 0.0349. The lowest BCUT2D eigenvalue weighted by Gasteiger charge is -2.12. The van der Waals surface area contributed by atoms with E-state index >= 15 is 0 Å². The van der Waals surface area contributed by atoms with Crippen LogP contribution in [0, 0.1) is 5.82 Å². The Morgan fingerprint density at radius 1 is 0.875 bits per heavy atom. The predicted octanol–water partition coefficient (Wildman–Crippen LogP) is 3.81. The number of halogens is 1. The Kier molecular flexibility index (Phi) is 7.48. The van der Waals surface area contributed by atoms with Crippen LogP contribution in [0.25, 0.3) is 6.08 Å². The second-order valence-corrected chi connectivity index (χ2v) is 7.11. The van der Waals surface area contributed by atoms with E-state index in [9.17, 15) is 14.0 Å². The van der Waals surface area contributed by atoms with Crippen molar-refractivity contribution in [2.45, 2.75) is 0 Å². The fraction of sp³-hybridized carbons (Fsp3) is 0.0800. The Bertz CT molecular complexity index is 1120. The van der Waals surface area contributed by atoms with Gasteiger partial charge in [-0.3, -0.25) is 9.59 Å².